The fourth-order valence-electron chi connectivity index (χ4n) is 2.26. The molecule has 6 nitrogen and oxygen atoms in total. The van der Waals surface area contributed by atoms with Gasteiger partial charge in [-0.15, -0.1) is 0 Å². The summed E-state index contributed by atoms with van der Waals surface area (Å²) < 4.78 is 5.22. The third kappa shape index (κ3) is 4.09. The maximum Gasteiger partial charge on any atom is 0.329 e. The topological polar surface area (TPSA) is 87.1 Å². The number of rotatable bonds is 4. The van der Waals surface area contributed by atoms with Gasteiger partial charge in [-0.25, -0.2) is 4.79 Å². The van der Waals surface area contributed by atoms with Crippen molar-refractivity contribution < 1.29 is 24.5 Å². The summed E-state index contributed by atoms with van der Waals surface area (Å²) in [5.41, 5.74) is 0.265. The van der Waals surface area contributed by atoms with Crippen molar-refractivity contribution in [1.29, 1.82) is 0 Å². The molecule has 0 bridgehead atoms. The van der Waals surface area contributed by atoms with Gasteiger partial charge in [-0.3, -0.25) is 4.79 Å². The molecule has 1 saturated heterocycles. The van der Waals surface area contributed by atoms with E-state index in [0.717, 1.165) is 0 Å². The Morgan fingerprint density at radius 1 is 1.33 bits per heavy atom. The van der Waals surface area contributed by atoms with Gasteiger partial charge in [-0.1, -0.05) is 11.6 Å². The zero-order valence-corrected chi connectivity index (χ0v) is 12.0. The molecule has 0 spiro atoms. The molecular formula is C14H16ClNO5. The Kier molecular flexibility index (Phi) is 5.03. The van der Waals surface area contributed by atoms with Crippen LogP contribution in [0, 0.1) is 0 Å². The molecule has 0 saturated carbocycles. The highest BCUT2D eigenvalue weighted by Gasteiger charge is 2.25. The fourth-order valence-corrected chi connectivity index (χ4v) is 2.46. The number of benzene rings is 1. The van der Waals surface area contributed by atoms with Gasteiger partial charge in [0.15, 0.2) is 0 Å². The molecule has 7 heteroatoms. The van der Waals surface area contributed by atoms with Crippen molar-refractivity contribution in [3.8, 4) is 5.75 Å². The number of hydrogen-bond acceptors (Lipinski definition) is 4. The van der Waals surface area contributed by atoms with E-state index in [1.54, 1.807) is 4.90 Å². The number of aliphatic carboxylic acids is 1. The van der Waals surface area contributed by atoms with Crippen LogP contribution in [0.25, 0.3) is 0 Å². The number of piperidine rings is 1. The highest BCUT2D eigenvalue weighted by atomic mass is 35.5. The molecular weight excluding hydrogens is 298 g/mol. The van der Waals surface area contributed by atoms with E-state index >= 15 is 0 Å². The summed E-state index contributed by atoms with van der Waals surface area (Å²) in [5, 5.41) is 18.3. The first-order valence-electron chi connectivity index (χ1n) is 6.58. The van der Waals surface area contributed by atoms with E-state index in [9.17, 15) is 14.7 Å². The molecule has 1 aromatic carbocycles. The maximum absolute atomic E-state index is 12.3. The van der Waals surface area contributed by atoms with Crippen molar-refractivity contribution >= 4 is 23.5 Å². The zero-order chi connectivity index (χ0) is 15.4. The van der Waals surface area contributed by atoms with Gasteiger partial charge in [-0.2, -0.15) is 0 Å². The summed E-state index contributed by atoms with van der Waals surface area (Å²) in [4.78, 5) is 24.4. The first-order valence-corrected chi connectivity index (χ1v) is 6.96. The Labute approximate surface area is 126 Å². The molecule has 1 aliphatic rings. The predicted molar refractivity (Wildman–Crippen MR) is 75.6 cm³/mol. The Bertz CT molecular complexity index is 540. The highest BCUT2D eigenvalue weighted by Crippen LogP contribution is 2.24. The lowest BCUT2D eigenvalue weighted by Crippen LogP contribution is -2.41. The molecule has 1 amide bonds. The van der Waals surface area contributed by atoms with Crippen LogP contribution in [0.4, 0.5) is 0 Å². The second-order valence-electron chi connectivity index (χ2n) is 4.86. The van der Waals surface area contributed by atoms with Crippen LogP contribution in [-0.4, -0.2) is 52.8 Å². The second kappa shape index (κ2) is 6.78. The number of halogens is 1. The summed E-state index contributed by atoms with van der Waals surface area (Å²) in [6.07, 6.45) is 1.01. The highest BCUT2D eigenvalue weighted by molar-refractivity contribution is 6.33. The number of aromatic hydroxyl groups is 1. The lowest BCUT2D eigenvalue weighted by Gasteiger charge is -2.31. The summed E-state index contributed by atoms with van der Waals surface area (Å²) in [5.74, 6) is -1.25. The normalized spacial score (nSPS) is 16.0. The zero-order valence-electron chi connectivity index (χ0n) is 11.3. The Balaban J connectivity index is 1.94. The van der Waals surface area contributed by atoms with Crippen LogP contribution < -0.4 is 0 Å². The first kappa shape index (κ1) is 15.6. The van der Waals surface area contributed by atoms with Crippen LogP contribution in [0.5, 0.6) is 5.75 Å². The number of carbonyl (C=O) groups excluding carboxylic acids is 1. The van der Waals surface area contributed by atoms with E-state index in [1.165, 1.54) is 18.2 Å². The standard InChI is InChI=1S/C14H16ClNO5/c15-12-2-1-9(17)7-11(12)14(20)16-5-3-10(4-6-16)21-8-13(18)19/h1-2,7,10,17H,3-6,8H2,(H,18,19). The van der Waals surface area contributed by atoms with Crippen LogP contribution >= 0.6 is 11.6 Å². The van der Waals surface area contributed by atoms with Crippen molar-refractivity contribution in [3.05, 3.63) is 28.8 Å². The largest absolute Gasteiger partial charge is 0.508 e. The maximum atomic E-state index is 12.3. The SMILES string of the molecule is O=C(O)COC1CCN(C(=O)c2cc(O)ccc2Cl)CC1. The number of phenolic OH excluding ortho intramolecular Hbond substituents is 1. The van der Waals surface area contributed by atoms with Crippen molar-refractivity contribution in [1.82, 2.24) is 4.90 Å². The third-order valence-electron chi connectivity index (χ3n) is 3.35. The van der Waals surface area contributed by atoms with Crippen molar-refractivity contribution in [2.24, 2.45) is 0 Å². The van der Waals surface area contributed by atoms with E-state index in [-0.39, 0.29) is 29.9 Å². The lowest BCUT2D eigenvalue weighted by atomic mass is 10.1. The summed E-state index contributed by atoms with van der Waals surface area (Å²) in [7, 11) is 0. The van der Waals surface area contributed by atoms with Gasteiger partial charge in [0.25, 0.3) is 5.91 Å². The van der Waals surface area contributed by atoms with Gasteiger partial charge in [0, 0.05) is 13.1 Å². The molecule has 0 unspecified atom stereocenters. The number of ether oxygens (including phenoxy) is 1. The molecule has 2 rings (SSSR count). The Morgan fingerprint density at radius 3 is 2.62 bits per heavy atom. The number of phenols is 1. The molecule has 1 heterocycles. The number of nitrogens with zero attached hydrogens (tertiary/aromatic N) is 1. The first-order chi connectivity index (χ1) is 9.97. The molecule has 1 fully saturated rings. The molecule has 0 aromatic heterocycles. The van der Waals surface area contributed by atoms with E-state index in [0.29, 0.717) is 31.0 Å². The molecule has 2 N–H and O–H groups in total. The van der Waals surface area contributed by atoms with Crippen LogP contribution in [0.1, 0.15) is 23.2 Å². The average molecular weight is 314 g/mol. The Morgan fingerprint density at radius 2 is 2.00 bits per heavy atom. The van der Waals surface area contributed by atoms with Gasteiger partial charge in [0.1, 0.15) is 12.4 Å². The molecule has 21 heavy (non-hydrogen) atoms. The smallest absolute Gasteiger partial charge is 0.329 e. The molecule has 0 aliphatic carbocycles. The lowest BCUT2D eigenvalue weighted by molar-refractivity contribution is -0.145. The van der Waals surface area contributed by atoms with Crippen LogP contribution in [0.3, 0.4) is 0 Å². The average Bonchev–Trinajstić information content (AvgIpc) is 2.47. The van der Waals surface area contributed by atoms with Crippen LogP contribution in [0.2, 0.25) is 5.02 Å². The van der Waals surface area contributed by atoms with Crippen molar-refractivity contribution in [2.75, 3.05) is 19.7 Å². The Hall–Kier alpha value is -1.79. The minimum Gasteiger partial charge on any atom is -0.508 e. The number of hydrogen-bond donors (Lipinski definition) is 2. The van der Waals surface area contributed by atoms with Gasteiger partial charge in [-0.05, 0) is 31.0 Å². The number of carboxylic acid groups (broad SMARTS) is 1. The minimum atomic E-state index is -1.000. The molecule has 114 valence electrons. The number of likely N-dealkylation sites (tertiary alicyclic amines) is 1. The fraction of sp³-hybridized carbons (Fsp3) is 0.429. The second-order valence-corrected chi connectivity index (χ2v) is 5.27. The van der Waals surface area contributed by atoms with Crippen LogP contribution in [0.15, 0.2) is 18.2 Å². The summed E-state index contributed by atoms with van der Waals surface area (Å²) in [6.45, 7) is 0.612. The van der Waals surface area contributed by atoms with E-state index in [1.807, 2.05) is 0 Å². The minimum absolute atomic E-state index is 0.0116. The van der Waals surface area contributed by atoms with Gasteiger partial charge < -0.3 is 19.8 Å². The number of carboxylic acids is 1. The monoisotopic (exact) mass is 313 g/mol. The van der Waals surface area contributed by atoms with Gasteiger partial charge >= 0.3 is 5.97 Å². The van der Waals surface area contributed by atoms with Crippen LogP contribution in [-0.2, 0) is 9.53 Å². The predicted octanol–water partition coefficient (Wildman–Crippen LogP) is 1.75. The summed E-state index contributed by atoms with van der Waals surface area (Å²) >= 11 is 5.97. The van der Waals surface area contributed by atoms with Gasteiger partial charge in [0.05, 0.1) is 16.7 Å². The molecule has 1 aliphatic heterocycles. The number of amides is 1. The number of carbonyl (C=O) groups is 2. The van der Waals surface area contributed by atoms with E-state index in [4.69, 9.17) is 21.4 Å². The quantitative estimate of drug-likeness (QED) is 0.884. The molecule has 0 atom stereocenters. The van der Waals surface area contributed by atoms with Gasteiger partial charge in [0.2, 0.25) is 0 Å². The van der Waals surface area contributed by atoms with E-state index in [2.05, 4.69) is 0 Å². The van der Waals surface area contributed by atoms with Crippen molar-refractivity contribution in [2.45, 2.75) is 18.9 Å². The molecule has 1 aromatic rings. The summed E-state index contributed by atoms with van der Waals surface area (Å²) in [6, 6.07) is 4.25. The van der Waals surface area contributed by atoms with E-state index < -0.39 is 5.97 Å². The van der Waals surface area contributed by atoms with Crippen molar-refractivity contribution in [3.63, 3.8) is 0 Å². The molecule has 0 radical (unpaired) electrons. The third-order valence-corrected chi connectivity index (χ3v) is 3.68.